The van der Waals surface area contributed by atoms with E-state index >= 15 is 0 Å². The van der Waals surface area contributed by atoms with Crippen LogP contribution in [0.5, 0.6) is 5.75 Å². The molecule has 3 nitrogen and oxygen atoms in total. The predicted octanol–water partition coefficient (Wildman–Crippen LogP) is 1.66. The van der Waals surface area contributed by atoms with Crippen molar-refractivity contribution in [2.45, 2.75) is 20.3 Å². The SMILES string of the molecule is CNCCNCCc1cc(C)c(C)cc1OC. The second-order valence-corrected chi connectivity index (χ2v) is 4.35. The van der Waals surface area contributed by atoms with Gasteiger partial charge in [0.1, 0.15) is 5.75 Å². The zero-order chi connectivity index (χ0) is 12.7. The molecule has 0 heterocycles. The van der Waals surface area contributed by atoms with E-state index in [1.807, 2.05) is 7.05 Å². The highest BCUT2D eigenvalue weighted by molar-refractivity contribution is 5.41. The smallest absolute Gasteiger partial charge is 0.122 e. The number of ether oxygens (including phenoxy) is 1. The summed E-state index contributed by atoms with van der Waals surface area (Å²) in [6, 6.07) is 4.35. The highest BCUT2D eigenvalue weighted by Gasteiger charge is 2.05. The van der Waals surface area contributed by atoms with Crippen molar-refractivity contribution in [1.29, 1.82) is 0 Å². The number of hydrogen-bond donors (Lipinski definition) is 2. The van der Waals surface area contributed by atoms with Crippen LogP contribution >= 0.6 is 0 Å². The van der Waals surface area contributed by atoms with Crippen LogP contribution in [0.4, 0.5) is 0 Å². The average molecular weight is 236 g/mol. The third-order valence-electron chi connectivity index (χ3n) is 3.02. The molecule has 0 radical (unpaired) electrons. The normalized spacial score (nSPS) is 10.6. The third-order valence-corrected chi connectivity index (χ3v) is 3.02. The van der Waals surface area contributed by atoms with E-state index in [-0.39, 0.29) is 0 Å². The molecule has 3 heteroatoms. The first-order chi connectivity index (χ1) is 8.19. The minimum Gasteiger partial charge on any atom is -0.496 e. The number of benzene rings is 1. The molecule has 0 unspecified atom stereocenters. The number of methoxy groups -OCH3 is 1. The molecule has 0 aliphatic heterocycles. The van der Waals surface area contributed by atoms with E-state index in [1.165, 1.54) is 16.7 Å². The maximum absolute atomic E-state index is 5.42. The fourth-order valence-electron chi connectivity index (χ4n) is 1.80. The van der Waals surface area contributed by atoms with Crippen LogP contribution in [0.3, 0.4) is 0 Å². The minimum absolute atomic E-state index is 0.987. The fraction of sp³-hybridized carbons (Fsp3) is 0.571. The Kier molecular flexibility index (Phi) is 6.01. The Bertz CT molecular complexity index is 350. The minimum atomic E-state index is 0.987. The van der Waals surface area contributed by atoms with E-state index < -0.39 is 0 Å². The zero-order valence-corrected chi connectivity index (χ0v) is 11.4. The molecule has 0 spiro atoms. The van der Waals surface area contributed by atoms with Crippen molar-refractivity contribution in [3.8, 4) is 5.75 Å². The molecule has 0 saturated heterocycles. The topological polar surface area (TPSA) is 33.3 Å². The summed E-state index contributed by atoms with van der Waals surface area (Å²) in [6.45, 7) is 7.26. The van der Waals surface area contributed by atoms with E-state index in [2.05, 4.69) is 36.6 Å². The van der Waals surface area contributed by atoms with E-state index in [9.17, 15) is 0 Å². The van der Waals surface area contributed by atoms with Gasteiger partial charge in [-0.15, -0.1) is 0 Å². The molecule has 0 atom stereocenters. The van der Waals surface area contributed by atoms with E-state index in [4.69, 9.17) is 4.74 Å². The first-order valence-electron chi connectivity index (χ1n) is 6.18. The number of likely N-dealkylation sites (N-methyl/N-ethyl adjacent to an activating group) is 1. The van der Waals surface area contributed by atoms with Gasteiger partial charge in [-0.25, -0.2) is 0 Å². The molecule has 1 aromatic carbocycles. The average Bonchev–Trinajstić information content (AvgIpc) is 2.33. The van der Waals surface area contributed by atoms with Crippen LogP contribution in [-0.2, 0) is 6.42 Å². The van der Waals surface area contributed by atoms with Crippen molar-refractivity contribution < 1.29 is 4.74 Å². The molecule has 2 N–H and O–H groups in total. The summed E-state index contributed by atoms with van der Waals surface area (Å²) >= 11 is 0. The van der Waals surface area contributed by atoms with E-state index in [0.717, 1.165) is 31.8 Å². The molecule has 0 amide bonds. The van der Waals surface area contributed by atoms with Crippen molar-refractivity contribution in [3.63, 3.8) is 0 Å². The zero-order valence-electron chi connectivity index (χ0n) is 11.4. The van der Waals surface area contributed by atoms with Crippen molar-refractivity contribution >= 4 is 0 Å². The van der Waals surface area contributed by atoms with Crippen molar-refractivity contribution in [2.75, 3.05) is 33.8 Å². The maximum Gasteiger partial charge on any atom is 0.122 e. The van der Waals surface area contributed by atoms with Gasteiger partial charge in [-0.2, -0.15) is 0 Å². The van der Waals surface area contributed by atoms with Crippen LogP contribution in [0.2, 0.25) is 0 Å². The lowest BCUT2D eigenvalue weighted by atomic mass is 10.0. The fourth-order valence-corrected chi connectivity index (χ4v) is 1.80. The largest absolute Gasteiger partial charge is 0.496 e. The molecule has 0 saturated carbocycles. The molecular formula is C14H24N2O. The van der Waals surface area contributed by atoms with Gasteiger partial charge in [0, 0.05) is 13.1 Å². The second-order valence-electron chi connectivity index (χ2n) is 4.35. The molecule has 0 aliphatic rings. The van der Waals surface area contributed by atoms with Gasteiger partial charge >= 0.3 is 0 Å². The lowest BCUT2D eigenvalue weighted by molar-refractivity contribution is 0.408. The van der Waals surface area contributed by atoms with Crippen molar-refractivity contribution in [2.24, 2.45) is 0 Å². The van der Waals surface area contributed by atoms with Crippen LogP contribution in [-0.4, -0.2) is 33.8 Å². The highest BCUT2D eigenvalue weighted by Crippen LogP contribution is 2.23. The van der Waals surface area contributed by atoms with E-state index in [0.29, 0.717) is 0 Å². The van der Waals surface area contributed by atoms with Crippen LogP contribution in [0.25, 0.3) is 0 Å². The third kappa shape index (κ3) is 4.36. The Morgan fingerprint density at radius 3 is 2.41 bits per heavy atom. The monoisotopic (exact) mass is 236 g/mol. The molecule has 17 heavy (non-hydrogen) atoms. The summed E-state index contributed by atoms with van der Waals surface area (Å²) < 4.78 is 5.42. The highest BCUT2D eigenvalue weighted by atomic mass is 16.5. The Morgan fingerprint density at radius 1 is 1.06 bits per heavy atom. The summed E-state index contributed by atoms with van der Waals surface area (Å²) in [6.07, 6.45) is 1.01. The summed E-state index contributed by atoms with van der Waals surface area (Å²) in [5.41, 5.74) is 3.90. The second kappa shape index (κ2) is 7.30. The number of aryl methyl sites for hydroxylation is 2. The van der Waals surface area contributed by atoms with Crippen molar-refractivity contribution in [1.82, 2.24) is 10.6 Å². The molecule has 0 aromatic heterocycles. The first-order valence-corrected chi connectivity index (χ1v) is 6.18. The van der Waals surface area contributed by atoms with Crippen LogP contribution in [0.15, 0.2) is 12.1 Å². The maximum atomic E-state index is 5.42. The lowest BCUT2D eigenvalue weighted by Crippen LogP contribution is -2.26. The summed E-state index contributed by atoms with van der Waals surface area (Å²) in [5.74, 6) is 1.00. The Morgan fingerprint density at radius 2 is 1.76 bits per heavy atom. The standard InChI is InChI=1S/C14H24N2O/c1-11-9-13(5-6-16-8-7-15-3)14(17-4)10-12(11)2/h9-10,15-16H,5-8H2,1-4H3. The molecule has 0 fully saturated rings. The van der Waals surface area contributed by atoms with Gasteiger partial charge in [0.05, 0.1) is 7.11 Å². The molecule has 0 bridgehead atoms. The Labute approximate surface area is 105 Å². The first kappa shape index (κ1) is 14.0. The Balaban J connectivity index is 2.54. The Hall–Kier alpha value is -1.06. The number of nitrogens with one attached hydrogen (secondary N) is 2. The number of rotatable bonds is 7. The van der Waals surface area contributed by atoms with Gasteiger partial charge in [-0.3, -0.25) is 0 Å². The molecular weight excluding hydrogens is 212 g/mol. The van der Waals surface area contributed by atoms with Gasteiger partial charge in [-0.1, -0.05) is 6.07 Å². The summed E-state index contributed by atoms with van der Waals surface area (Å²) in [7, 11) is 3.70. The number of hydrogen-bond acceptors (Lipinski definition) is 3. The molecule has 1 aromatic rings. The van der Waals surface area contributed by atoms with Gasteiger partial charge in [-0.05, 0) is 56.6 Å². The van der Waals surface area contributed by atoms with Gasteiger partial charge < -0.3 is 15.4 Å². The van der Waals surface area contributed by atoms with Crippen LogP contribution < -0.4 is 15.4 Å². The predicted molar refractivity (Wildman–Crippen MR) is 73.0 cm³/mol. The van der Waals surface area contributed by atoms with E-state index in [1.54, 1.807) is 7.11 Å². The lowest BCUT2D eigenvalue weighted by Gasteiger charge is -2.12. The van der Waals surface area contributed by atoms with Gasteiger partial charge in [0.15, 0.2) is 0 Å². The van der Waals surface area contributed by atoms with Crippen LogP contribution in [0, 0.1) is 13.8 Å². The summed E-state index contributed by atoms with van der Waals surface area (Å²) in [4.78, 5) is 0. The molecule has 0 aliphatic carbocycles. The quantitative estimate of drug-likeness (QED) is 0.707. The van der Waals surface area contributed by atoms with Crippen LogP contribution in [0.1, 0.15) is 16.7 Å². The van der Waals surface area contributed by atoms with Gasteiger partial charge in [0.25, 0.3) is 0 Å². The molecule has 1 rings (SSSR count). The van der Waals surface area contributed by atoms with Gasteiger partial charge in [0.2, 0.25) is 0 Å². The molecule has 96 valence electrons. The van der Waals surface area contributed by atoms with Crippen molar-refractivity contribution in [3.05, 3.63) is 28.8 Å². The summed E-state index contributed by atoms with van der Waals surface area (Å²) in [5, 5.41) is 6.52.